The molecule has 1 aromatic rings. The van der Waals surface area contributed by atoms with E-state index in [-0.39, 0.29) is 10.6 Å². The van der Waals surface area contributed by atoms with E-state index >= 15 is 0 Å². The first-order valence-corrected chi connectivity index (χ1v) is 5.91. The highest BCUT2D eigenvalue weighted by Crippen LogP contribution is 2.26. The van der Waals surface area contributed by atoms with Crippen molar-refractivity contribution in [2.24, 2.45) is 0 Å². The number of hydrogen-bond donors (Lipinski definition) is 0. The van der Waals surface area contributed by atoms with Gasteiger partial charge in [0.05, 0.1) is 0 Å². The van der Waals surface area contributed by atoms with E-state index in [4.69, 9.17) is 22.3 Å². The van der Waals surface area contributed by atoms with Gasteiger partial charge >= 0.3 is 0 Å². The van der Waals surface area contributed by atoms with E-state index in [2.05, 4.69) is 0 Å². The molecule has 0 aliphatic rings. The van der Waals surface area contributed by atoms with Crippen LogP contribution in [0.15, 0.2) is 17.0 Å². The zero-order valence-corrected chi connectivity index (χ0v) is 8.84. The maximum Gasteiger partial charge on any atom is 0.264 e. The SMILES string of the molecule is Cc1cc(Cl)cc(F)c1S(=O)(=O)Cl. The molecule has 1 aromatic carbocycles. The molecular weight excluding hydrogens is 238 g/mol. The van der Waals surface area contributed by atoms with Crippen molar-refractivity contribution in [3.05, 3.63) is 28.5 Å². The number of halogens is 3. The van der Waals surface area contributed by atoms with Crippen molar-refractivity contribution >= 4 is 31.3 Å². The van der Waals surface area contributed by atoms with Gasteiger partial charge in [-0.2, -0.15) is 0 Å². The molecule has 0 radical (unpaired) electrons. The Kier molecular flexibility index (Phi) is 2.85. The van der Waals surface area contributed by atoms with Crippen LogP contribution >= 0.6 is 22.3 Å². The average molecular weight is 243 g/mol. The predicted octanol–water partition coefficient (Wildman–Crippen LogP) is 2.72. The van der Waals surface area contributed by atoms with E-state index in [0.717, 1.165) is 6.07 Å². The van der Waals surface area contributed by atoms with Crippen LogP contribution in [0.4, 0.5) is 4.39 Å². The van der Waals surface area contributed by atoms with Crippen LogP contribution in [0.25, 0.3) is 0 Å². The van der Waals surface area contributed by atoms with Crippen LogP contribution in [0.3, 0.4) is 0 Å². The van der Waals surface area contributed by atoms with Crippen molar-refractivity contribution in [2.75, 3.05) is 0 Å². The summed E-state index contributed by atoms with van der Waals surface area (Å²) in [6, 6.07) is 2.24. The summed E-state index contributed by atoms with van der Waals surface area (Å²) < 4.78 is 34.8. The third-order valence-electron chi connectivity index (χ3n) is 1.44. The molecule has 0 aliphatic heterocycles. The molecule has 13 heavy (non-hydrogen) atoms. The number of hydrogen-bond acceptors (Lipinski definition) is 2. The normalized spacial score (nSPS) is 11.7. The highest BCUT2D eigenvalue weighted by atomic mass is 35.7. The van der Waals surface area contributed by atoms with Crippen molar-refractivity contribution in [3.8, 4) is 0 Å². The molecule has 72 valence electrons. The Balaban J connectivity index is 3.57. The van der Waals surface area contributed by atoms with E-state index in [1.165, 1.54) is 13.0 Å². The molecule has 0 N–H and O–H groups in total. The van der Waals surface area contributed by atoms with E-state index in [0.29, 0.717) is 0 Å². The van der Waals surface area contributed by atoms with Crippen molar-refractivity contribution in [3.63, 3.8) is 0 Å². The lowest BCUT2D eigenvalue weighted by molar-refractivity contribution is 0.573. The van der Waals surface area contributed by atoms with Gasteiger partial charge in [0.2, 0.25) is 0 Å². The molecule has 0 spiro atoms. The lowest BCUT2D eigenvalue weighted by Crippen LogP contribution is -1.98. The second-order valence-electron chi connectivity index (χ2n) is 2.47. The van der Waals surface area contributed by atoms with E-state index in [1.807, 2.05) is 0 Å². The van der Waals surface area contributed by atoms with E-state index in [9.17, 15) is 12.8 Å². The maximum atomic E-state index is 13.1. The van der Waals surface area contributed by atoms with Crippen molar-refractivity contribution < 1.29 is 12.8 Å². The topological polar surface area (TPSA) is 34.1 Å². The van der Waals surface area contributed by atoms with Gasteiger partial charge in [-0.1, -0.05) is 11.6 Å². The monoisotopic (exact) mass is 242 g/mol. The van der Waals surface area contributed by atoms with Gasteiger partial charge in [0.15, 0.2) is 0 Å². The summed E-state index contributed by atoms with van der Waals surface area (Å²) in [4.78, 5) is -0.515. The molecule has 0 amide bonds. The largest absolute Gasteiger partial charge is 0.264 e. The Morgan fingerprint density at radius 1 is 1.38 bits per heavy atom. The quantitative estimate of drug-likeness (QED) is 0.710. The lowest BCUT2D eigenvalue weighted by atomic mass is 10.2. The van der Waals surface area contributed by atoms with Gasteiger partial charge in [-0.05, 0) is 24.6 Å². The summed E-state index contributed by atoms with van der Waals surface area (Å²) in [7, 11) is 0.968. The zero-order chi connectivity index (χ0) is 10.2. The fourth-order valence-corrected chi connectivity index (χ4v) is 2.58. The molecule has 0 unspecified atom stereocenters. The van der Waals surface area contributed by atoms with Gasteiger partial charge in [-0.25, -0.2) is 12.8 Å². The van der Waals surface area contributed by atoms with Crippen molar-refractivity contribution in [1.82, 2.24) is 0 Å². The van der Waals surface area contributed by atoms with Crippen LogP contribution in [0.5, 0.6) is 0 Å². The van der Waals surface area contributed by atoms with Gasteiger partial charge in [-0.15, -0.1) is 0 Å². The van der Waals surface area contributed by atoms with E-state index in [1.54, 1.807) is 0 Å². The summed E-state index contributed by atoms with van der Waals surface area (Å²) >= 11 is 5.49. The fraction of sp³-hybridized carbons (Fsp3) is 0.143. The van der Waals surface area contributed by atoms with Crippen LogP contribution in [0.2, 0.25) is 5.02 Å². The summed E-state index contributed by atoms with van der Waals surface area (Å²) in [5.41, 5.74) is 0.194. The summed E-state index contributed by atoms with van der Waals surface area (Å²) in [5, 5.41) is 0.138. The van der Waals surface area contributed by atoms with Gasteiger partial charge in [0, 0.05) is 15.7 Å². The summed E-state index contributed by atoms with van der Waals surface area (Å²) in [6.45, 7) is 1.42. The first kappa shape index (κ1) is 10.8. The minimum Gasteiger partial charge on any atom is -0.207 e. The fourth-order valence-electron chi connectivity index (χ4n) is 0.998. The van der Waals surface area contributed by atoms with Crippen LogP contribution in [-0.2, 0) is 9.05 Å². The van der Waals surface area contributed by atoms with Crippen molar-refractivity contribution in [1.29, 1.82) is 0 Å². The maximum absolute atomic E-state index is 13.1. The zero-order valence-electron chi connectivity index (χ0n) is 6.51. The second-order valence-corrected chi connectivity index (χ2v) is 5.41. The minimum atomic E-state index is -4.04. The van der Waals surface area contributed by atoms with Crippen LogP contribution < -0.4 is 0 Å². The average Bonchev–Trinajstić information content (AvgIpc) is 1.78. The Bertz CT molecular complexity index is 419. The number of benzene rings is 1. The predicted molar refractivity (Wildman–Crippen MR) is 49.2 cm³/mol. The van der Waals surface area contributed by atoms with Crippen LogP contribution in [-0.4, -0.2) is 8.42 Å². The second kappa shape index (κ2) is 3.44. The van der Waals surface area contributed by atoms with E-state index < -0.39 is 19.8 Å². The Hall–Kier alpha value is -0.320. The van der Waals surface area contributed by atoms with Gasteiger partial charge < -0.3 is 0 Å². The summed E-state index contributed by atoms with van der Waals surface area (Å²) in [5.74, 6) is -0.931. The first-order chi connectivity index (χ1) is 5.82. The molecule has 0 saturated carbocycles. The number of aryl methyl sites for hydroxylation is 1. The molecule has 0 heterocycles. The lowest BCUT2D eigenvalue weighted by Gasteiger charge is -2.03. The highest BCUT2D eigenvalue weighted by molar-refractivity contribution is 8.13. The Morgan fingerprint density at radius 2 is 1.92 bits per heavy atom. The summed E-state index contributed by atoms with van der Waals surface area (Å²) in [6.07, 6.45) is 0. The van der Waals surface area contributed by atoms with Crippen LogP contribution in [0, 0.1) is 12.7 Å². The molecule has 0 saturated heterocycles. The Labute approximate surface area is 84.7 Å². The first-order valence-electron chi connectivity index (χ1n) is 3.22. The van der Waals surface area contributed by atoms with Crippen LogP contribution in [0.1, 0.15) is 5.56 Å². The highest BCUT2D eigenvalue weighted by Gasteiger charge is 2.19. The number of rotatable bonds is 1. The molecule has 0 fully saturated rings. The molecule has 0 bridgehead atoms. The van der Waals surface area contributed by atoms with Gasteiger partial charge in [0.1, 0.15) is 10.7 Å². The third-order valence-corrected chi connectivity index (χ3v) is 3.12. The smallest absolute Gasteiger partial charge is 0.207 e. The standard InChI is InChI=1S/C7H5Cl2FO2S/c1-4-2-5(8)3-6(10)7(4)13(9,11)12/h2-3H,1H3. The molecule has 2 nitrogen and oxygen atoms in total. The molecule has 0 aliphatic carbocycles. The molecule has 0 aromatic heterocycles. The molecule has 0 atom stereocenters. The molecular formula is C7H5Cl2FO2S. The third kappa shape index (κ3) is 2.33. The van der Waals surface area contributed by atoms with Gasteiger partial charge in [-0.3, -0.25) is 0 Å². The Morgan fingerprint density at radius 3 is 2.31 bits per heavy atom. The van der Waals surface area contributed by atoms with Gasteiger partial charge in [0.25, 0.3) is 9.05 Å². The molecule has 6 heteroatoms. The molecule has 1 rings (SSSR count). The minimum absolute atomic E-state index is 0.138. The van der Waals surface area contributed by atoms with Crippen molar-refractivity contribution in [2.45, 2.75) is 11.8 Å².